The van der Waals surface area contributed by atoms with Crippen molar-refractivity contribution in [3.8, 4) is 16.9 Å². The van der Waals surface area contributed by atoms with E-state index in [1.165, 1.54) is 6.07 Å². The summed E-state index contributed by atoms with van der Waals surface area (Å²) in [5, 5.41) is 0.385. The Morgan fingerprint density at radius 2 is 1.58 bits per heavy atom. The van der Waals surface area contributed by atoms with Crippen LogP contribution in [0, 0.1) is 11.6 Å². The smallest absolute Gasteiger partial charge is 0.271 e. The zero-order valence-corrected chi connectivity index (χ0v) is 12.6. The van der Waals surface area contributed by atoms with Crippen molar-refractivity contribution in [3.05, 3.63) is 71.8 Å². The number of fused-ring (bicyclic) bond motifs is 1. The Hall–Kier alpha value is -2.82. The Morgan fingerprint density at radius 1 is 0.917 bits per heavy atom. The molecular weight excluding hydrogens is 320 g/mol. The van der Waals surface area contributed by atoms with E-state index >= 15 is 0 Å². The van der Waals surface area contributed by atoms with Crippen LogP contribution in [-0.4, -0.2) is 7.11 Å². The van der Waals surface area contributed by atoms with Gasteiger partial charge in [-0.1, -0.05) is 24.3 Å². The van der Waals surface area contributed by atoms with Crippen molar-refractivity contribution in [3.63, 3.8) is 0 Å². The molecule has 0 atom stereocenters. The first-order valence-electron chi connectivity index (χ1n) is 7.08. The Morgan fingerprint density at radius 3 is 2.21 bits per heavy atom. The molecule has 122 valence electrons. The summed E-state index contributed by atoms with van der Waals surface area (Å²) in [6.07, 6.45) is -1.95. The van der Waals surface area contributed by atoms with Gasteiger partial charge in [-0.05, 0) is 40.8 Å². The topological polar surface area (TPSA) is 9.23 Å². The summed E-state index contributed by atoms with van der Waals surface area (Å²) >= 11 is 0. The highest BCUT2D eigenvalue weighted by Crippen LogP contribution is 2.30. The van der Waals surface area contributed by atoms with Gasteiger partial charge in [0.1, 0.15) is 17.4 Å². The molecule has 0 N–H and O–H groups in total. The lowest BCUT2D eigenvalue weighted by Crippen LogP contribution is -1.92. The van der Waals surface area contributed by atoms with Crippen LogP contribution in [0.25, 0.3) is 28.0 Å². The van der Waals surface area contributed by atoms with Crippen LogP contribution in [0.15, 0.2) is 54.6 Å². The first-order valence-corrected chi connectivity index (χ1v) is 7.08. The molecule has 0 fully saturated rings. The zero-order chi connectivity index (χ0) is 17.3. The normalized spacial score (nSPS) is 10.7. The zero-order valence-electron chi connectivity index (χ0n) is 12.6. The van der Waals surface area contributed by atoms with Crippen LogP contribution in [0.2, 0.25) is 0 Å². The predicted molar refractivity (Wildman–Crippen MR) is 86.0 cm³/mol. The lowest BCUT2D eigenvalue weighted by atomic mass is 9.99. The molecule has 0 amide bonds. The molecule has 0 bridgehead atoms. The highest BCUT2D eigenvalue weighted by Gasteiger charge is 2.14. The van der Waals surface area contributed by atoms with Gasteiger partial charge in [-0.25, -0.2) is 8.78 Å². The van der Waals surface area contributed by atoms with Gasteiger partial charge in [-0.3, -0.25) is 0 Å². The molecule has 0 heterocycles. The van der Waals surface area contributed by atoms with Crippen LogP contribution < -0.4 is 4.74 Å². The summed E-state index contributed by atoms with van der Waals surface area (Å²) in [6.45, 7) is 0. The van der Waals surface area contributed by atoms with Crippen molar-refractivity contribution in [1.29, 1.82) is 0 Å². The minimum absolute atomic E-state index is 0.0844. The predicted octanol–water partition coefficient (Wildman–Crippen LogP) is 6.03. The monoisotopic (exact) mass is 332 g/mol. The Balaban J connectivity index is 2.13. The third-order valence-corrected chi connectivity index (χ3v) is 3.74. The van der Waals surface area contributed by atoms with E-state index in [9.17, 15) is 17.6 Å². The molecule has 0 radical (unpaired) electrons. The van der Waals surface area contributed by atoms with Crippen LogP contribution in [-0.2, 0) is 0 Å². The third-order valence-electron chi connectivity index (χ3n) is 3.74. The van der Waals surface area contributed by atoms with E-state index in [1.807, 2.05) is 12.1 Å². The van der Waals surface area contributed by atoms with Gasteiger partial charge in [0.15, 0.2) is 0 Å². The van der Waals surface area contributed by atoms with Crippen LogP contribution in [0.5, 0.6) is 5.75 Å². The Kier molecular flexibility index (Phi) is 4.25. The molecule has 1 nitrogen and oxygen atoms in total. The number of benzene rings is 3. The van der Waals surface area contributed by atoms with E-state index in [-0.39, 0.29) is 11.5 Å². The van der Waals surface area contributed by atoms with Gasteiger partial charge < -0.3 is 4.74 Å². The lowest BCUT2D eigenvalue weighted by Gasteiger charge is -2.08. The fourth-order valence-corrected chi connectivity index (χ4v) is 2.55. The van der Waals surface area contributed by atoms with Gasteiger partial charge in [-0.2, -0.15) is 8.78 Å². The van der Waals surface area contributed by atoms with Gasteiger partial charge in [0, 0.05) is 11.5 Å². The first-order chi connectivity index (χ1) is 11.5. The van der Waals surface area contributed by atoms with E-state index in [1.54, 1.807) is 31.4 Å². The van der Waals surface area contributed by atoms with Crippen LogP contribution in [0.1, 0.15) is 5.56 Å². The fraction of sp³-hybridized carbons (Fsp3) is 0.0526. The second-order valence-electron chi connectivity index (χ2n) is 5.18. The summed E-state index contributed by atoms with van der Waals surface area (Å²) in [6, 6.07) is 13.0. The second-order valence-corrected chi connectivity index (χ2v) is 5.18. The maximum atomic E-state index is 14.3. The van der Waals surface area contributed by atoms with Gasteiger partial charge >= 0.3 is 0 Å². The molecule has 0 saturated heterocycles. The SMILES string of the molecule is COc1ccc(-c2ccc3c(F)c(C=C(F)F)c(F)cc3c2)cc1. The average molecular weight is 332 g/mol. The Labute approximate surface area is 135 Å². The van der Waals surface area contributed by atoms with Gasteiger partial charge in [0.25, 0.3) is 6.08 Å². The van der Waals surface area contributed by atoms with E-state index in [2.05, 4.69) is 0 Å². The standard InChI is InChI=1S/C19H12F4O/c1-24-14-5-2-11(3-6-14)12-4-7-15-13(8-12)9-17(20)16(19(15)23)10-18(21)22/h2-10H,1H3. The number of rotatable bonds is 3. The third kappa shape index (κ3) is 2.97. The van der Waals surface area contributed by atoms with Crippen molar-refractivity contribution in [2.75, 3.05) is 7.11 Å². The summed E-state index contributed by atoms with van der Waals surface area (Å²) in [4.78, 5) is 0. The fourth-order valence-electron chi connectivity index (χ4n) is 2.55. The number of hydrogen-bond donors (Lipinski definition) is 0. The van der Waals surface area contributed by atoms with Crippen molar-refractivity contribution in [2.45, 2.75) is 0 Å². The second kappa shape index (κ2) is 6.35. The van der Waals surface area contributed by atoms with Crippen LogP contribution in [0.3, 0.4) is 0 Å². The molecular formula is C19H12F4O. The number of hydrogen-bond acceptors (Lipinski definition) is 1. The molecule has 0 saturated carbocycles. The maximum Gasteiger partial charge on any atom is 0.271 e. The Bertz CT molecular complexity index is 926. The van der Waals surface area contributed by atoms with Crippen LogP contribution in [0.4, 0.5) is 17.6 Å². The maximum absolute atomic E-state index is 14.3. The summed E-state index contributed by atoms with van der Waals surface area (Å²) < 4.78 is 58.0. The van der Waals surface area contributed by atoms with Crippen molar-refractivity contribution < 1.29 is 22.3 Å². The number of halogens is 4. The molecule has 0 aromatic heterocycles. The van der Waals surface area contributed by atoms with Crippen molar-refractivity contribution in [2.24, 2.45) is 0 Å². The summed E-state index contributed by atoms with van der Waals surface area (Å²) in [5.41, 5.74) is 0.862. The average Bonchev–Trinajstić information content (AvgIpc) is 2.58. The van der Waals surface area contributed by atoms with Gasteiger partial charge in [-0.15, -0.1) is 0 Å². The summed E-state index contributed by atoms with van der Waals surface area (Å²) in [5.74, 6) is -1.33. The lowest BCUT2D eigenvalue weighted by molar-refractivity contribution is 0.415. The molecule has 3 aromatic carbocycles. The van der Waals surface area contributed by atoms with E-state index < -0.39 is 23.3 Å². The van der Waals surface area contributed by atoms with Gasteiger partial charge in [0.05, 0.1) is 12.7 Å². The van der Waals surface area contributed by atoms with Crippen molar-refractivity contribution in [1.82, 2.24) is 0 Å². The molecule has 5 heteroatoms. The number of ether oxygens (including phenoxy) is 1. The van der Waals surface area contributed by atoms with Crippen molar-refractivity contribution >= 4 is 16.8 Å². The summed E-state index contributed by atoms with van der Waals surface area (Å²) in [7, 11) is 1.56. The quantitative estimate of drug-likeness (QED) is 0.532. The highest BCUT2D eigenvalue weighted by molar-refractivity contribution is 5.89. The largest absolute Gasteiger partial charge is 0.497 e. The molecule has 0 aliphatic rings. The molecule has 0 unspecified atom stereocenters. The molecule has 0 aliphatic carbocycles. The number of methoxy groups -OCH3 is 1. The minimum atomic E-state index is -2.15. The highest BCUT2D eigenvalue weighted by atomic mass is 19.3. The molecule has 0 spiro atoms. The molecule has 3 aromatic rings. The van der Waals surface area contributed by atoms with E-state index in [0.29, 0.717) is 11.1 Å². The van der Waals surface area contributed by atoms with Crippen LogP contribution >= 0.6 is 0 Å². The van der Waals surface area contributed by atoms with E-state index in [0.717, 1.165) is 17.2 Å². The molecule has 0 aliphatic heterocycles. The molecule has 3 rings (SSSR count). The minimum Gasteiger partial charge on any atom is -0.497 e. The van der Waals surface area contributed by atoms with E-state index in [4.69, 9.17) is 4.74 Å². The molecule has 24 heavy (non-hydrogen) atoms. The first kappa shape index (κ1) is 16.1. The van der Waals surface area contributed by atoms with Gasteiger partial charge in [0.2, 0.25) is 0 Å².